The molecule has 1 aromatic heterocycles. The number of hydrogen-bond acceptors (Lipinski definition) is 5. The van der Waals surface area contributed by atoms with Crippen LogP contribution in [0.3, 0.4) is 0 Å². The zero-order chi connectivity index (χ0) is 18.8. The molecule has 1 aliphatic heterocycles. The summed E-state index contributed by atoms with van der Waals surface area (Å²) in [4.78, 5) is 16.8. The number of likely N-dealkylation sites (tertiary alicyclic amines) is 1. The van der Waals surface area contributed by atoms with Gasteiger partial charge in [-0.25, -0.2) is 0 Å². The number of hydrogen-bond donors (Lipinski definition) is 1. The van der Waals surface area contributed by atoms with E-state index < -0.39 is 0 Å². The minimum atomic E-state index is -0.119. The van der Waals surface area contributed by atoms with Crippen LogP contribution in [0.4, 0.5) is 0 Å². The average molecular weight is 357 g/mol. The van der Waals surface area contributed by atoms with Gasteiger partial charge in [0.25, 0.3) is 5.91 Å². The third-order valence-electron chi connectivity index (χ3n) is 5.00. The highest BCUT2D eigenvalue weighted by Gasteiger charge is 2.30. The first kappa shape index (κ1) is 18.4. The van der Waals surface area contributed by atoms with Crippen LogP contribution in [0.2, 0.25) is 0 Å². The topological polar surface area (TPSA) is 74.5 Å². The standard InChI is InChI=1S/C19H27N5O2/c1-13-7-5-9-15(17(13)25)19(26)24-10-6-8-14(11-24)18-21-20-16(23(18)4)12-22(2)3/h5,7,9,14,25H,6,8,10-12H2,1-4H3/t14-/m0/s1. The number of aryl methyl sites for hydroxylation is 1. The minimum absolute atomic E-state index is 0.0755. The van der Waals surface area contributed by atoms with Crippen molar-refractivity contribution in [1.29, 1.82) is 0 Å². The Hall–Kier alpha value is -2.41. The van der Waals surface area contributed by atoms with Crippen LogP contribution in [-0.4, -0.2) is 62.8 Å². The largest absolute Gasteiger partial charge is 0.507 e. The summed E-state index contributed by atoms with van der Waals surface area (Å²) in [5.41, 5.74) is 1.09. The van der Waals surface area contributed by atoms with Crippen LogP contribution < -0.4 is 0 Å². The van der Waals surface area contributed by atoms with Crippen molar-refractivity contribution >= 4 is 5.91 Å². The van der Waals surface area contributed by atoms with Crippen LogP contribution in [0, 0.1) is 6.92 Å². The van der Waals surface area contributed by atoms with Crippen molar-refractivity contribution in [3.63, 3.8) is 0 Å². The molecule has 1 N–H and O–H groups in total. The molecule has 0 bridgehead atoms. The molecule has 26 heavy (non-hydrogen) atoms. The van der Waals surface area contributed by atoms with E-state index in [0.717, 1.165) is 31.0 Å². The maximum Gasteiger partial charge on any atom is 0.257 e. The average Bonchev–Trinajstić information content (AvgIpc) is 2.97. The van der Waals surface area contributed by atoms with E-state index in [4.69, 9.17) is 0 Å². The predicted octanol–water partition coefficient (Wildman–Crippen LogP) is 1.91. The number of nitrogens with zero attached hydrogens (tertiary/aromatic N) is 5. The lowest BCUT2D eigenvalue weighted by atomic mass is 9.96. The van der Waals surface area contributed by atoms with Gasteiger partial charge >= 0.3 is 0 Å². The van der Waals surface area contributed by atoms with Gasteiger partial charge in [-0.1, -0.05) is 12.1 Å². The molecule has 7 nitrogen and oxygen atoms in total. The number of rotatable bonds is 4. The zero-order valence-corrected chi connectivity index (χ0v) is 15.9. The monoisotopic (exact) mass is 357 g/mol. The highest BCUT2D eigenvalue weighted by molar-refractivity contribution is 5.97. The maximum atomic E-state index is 12.9. The highest BCUT2D eigenvalue weighted by Crippen LogP contribution is 2.29. The number of para-hydroxylation sites is 1. The third-order valence-corrected chi connectivity index (χ3v) is 5.00. The van der Waals surface area contributed by atoms with Crippen LogP contribution in [0.25, 0.3) is 0 Å². The van der Waals surface area contributed by atoms with Gasteiger partial charge in [0.15, 0.2) is 0 Å². The molecule has 1 saturated heterocycles. The fraction of sp³-hybridized carbons (Fsp3) is 0.526. The summed E-state index contributed by atoms with van der Waals surface area (Å²) in [6.45, 7) is 3.83. The van der Waals surface area contributed by atoms with E-state index in [2.05, 4.69) is 15.1 Å². The zero-order valence-electron chi connectivity index (χ0n) is 15.9. The van der Waals surface area contributed by atoms with Crippen molar-refractivity contribution < 1.29 is 9.90 Å². The Morgan fingerprint density at radius 1 is 1.35 bits per heavy atom. The molecular formula is C19H27N5O2. The molecule has 0 aliphatic carbocycles. The third kappa shape index (κ3) is 3.58. The summed E-state index contributed by atoms with van der Waals surface area (Å²) in [5, 5.41) is 18.9. The summed E-state index contributed by atoms with van der Waals surface area (Å²) >= 11 is 0. The smallest absolute Gasteiger partial charge is 0.257 e. The van der Waals surface area contributed by atoms with Gasteiger partial charge in [0.2, 0.25) is 0 Å². The van der Waals surface area contributed by atoms with Crippen molar-refractivity contribution in [2.45, 2.75) is 32.2 Å². The fourth-order valence-electron chi connectivity index (χ4n) is 3.53. The van der Waals surface area contributed by atoms with Crippen LogP contribution in [-0.2, 0) is 13.6 Å². The van der Waals surface area contributed by atoms with Crippen molar-refractivity contribution in [2.75, 3.05) is 27.2 Å². The molecule has 2 aromatic rings. The second kappa shape index (κ2) is 7.45. The molecule has 1 aromatic carbocycles. The normalized spacial score (nSPS) is 17.7. The molecule has 0 unspecified atom stereocenters. The first-order chi connectivity index (χ1) is 12.4. The van der Waals surface area contributed by atoms with E-state index in [0.29, 0.717) is 24.2 Å². The molecule has 1 aliphatic rings. The van der Waals surface area contributed by atoms with Crippen molar-refractivity contribution in [1.82, 2.24) is 24.6 Å². The van der Waals surface area contributed by atoms with Gasteiger partial charge < -0.3 is 19.5 Å². The number of amides is 1. The Balaban J connectivity index is 1.78. The Kier molecular flexibility index (Phi) is 5.27. The van der Waals surface area contributed by atoms with Gasteiger partial charge in [0, 0.05) is 26.1 Å². The van der Waals surface area contributed by atoms with Gasteiger partial charge in [-0.3, -0.25) is 4.79 Å². The number of piperidine rings is 1. The molecule has 0 saturated carbocycles. The number of carbonyl (C=O) groups is 1. The van der Waals surface area contributed by atoms with Gasteiger partial charge in [0.05, 0.1) is 12.1 Å². The number of aromatic nitrogens is 3. The number of benzene rings is 1. The van der Waals surface area contributed by atoms with E-state index in [1.807, 2.05) is 30.6 Å². The molecule has 2 heterocycles. The quantitative estimate of drug-likeness (QED) is 0.905. The summed E-state index contributed by atoms with van der Waals surface area (Å²) in [6.07, 6.45) is 1.90. The first-order valence-corrected chi connectivity index (χ1v) is 8.99. The molecule has 7 heteroatoms. The number of phenols is 1. The summed E-state index contributed by atoms with van der Waals surface area (Å²) in [5.74, 6) is 1.96. The Morgan fingerprint density at radius 3 is 2.85 bits per heavy atom. The molecule has 1 atom stereocenters. The highest BCUT2D eigenvalue weighted by atomic mass is 16.3. The molecule has 1 amide bonds. The lowest BCUT2D eigenvalue weighted by molar-refractivity contribution is 0.0700. The molecule has 0 spiro atoms. The van der Waals surface area contributed by atoms with Crippen LogP contribution >= 0.6 is 0 Å². The predicted molar refractivity (Wildman–Crippen MR) is 99.1 cm³/mol. The van der Waals surface area contributed by atoms with Gasteiger partial charge in [-0.05, 0) is 45.5 Å². The minimum Gasteiger partial charge on any atom is -0.507 e. The molecule has 3 rings (SSSR count). The van der Waals surface area contributed by atoms with Gasteiger partial charge in [0.1, 0.15) is 17.4 Å². The summed E-state index contributed by atoms with van der Waals surface area (Å²) in [6, 6.07) is 5.29. The maximum absolute atomic E-state index is 12.9. The second-order valence-electron chi connectivity index (χ2n) is 7.33. The van der Waals surface area contributed by atoms with Crippen molar-refractivity contribution in [2.24, 2.45) is 7.05 Å². The van der Waals surface area contributed by atoms with Crippen LogP contribution in [0.1, 0.15) is 46.3 Å². The number of carbonyl (C=O) groups excluding carboxylic acids is 1. The number of aromatic hydroxyl groups is 1. The van der Waals surface area contributed by atoms with Crippen LogP contribution in [0.15, 0.2) is 18.2 Å². The SMILES string of the molecule is Cc1cccc(C(=O)N2CCC[C@H](c3nnc(CN(C)C)n3C)C2)c1O. The Labute approximate surface area is 154 Å². The molecular weight excluding hydrogens is 330 g/mol. The van der Waals surface area contributed by atoms with Crippen LogP contribution in [0.5, 0.6) is 5.75 Å². The van der Waals surface area contributed by atoms with Crippen molar-refractivity contribution in [3.8, 4) is 5.75 Å². The van der Waals surface area contributed by atoms with Gasteiger partial charge in [-0.2, -0.15) is 0 Å². The van der Waals surface area contributed by atoms with E-state index >= 15 is 0 Å². The lowest BCUT2D eigenvalue weighted by Gasteiger charge is -2.32. The molecule has 0 radical (unpaired) electrons. The van der Waals surface area contributed by atoms with E-state index in [-0.39, 0.29) is 17.6 Å². The Bertz CT molecular complexity index is 799. The number of phenolic OH excluding ortho intramolecular Hbond substituents is 1. The van der Waals surface area contributed by atoms with Gasteiger partial charge in [-0.15, -0.1) is 10.2 Å². The fourth-order valence-corrected chi connectivity index (χ4v) is 3.53. The second-order valence-corrected chi connectivity index (χ2v) is 7.33. The molecule has 1 fully saturated rings. The van der Waals surface area contributed by atoms with E-state index in [1.165, 1.54) is 0 Å². The van der Waals surface area contributed by atoms with Crippen molar-refractivity contribution in [3.05, 3.63) is 41.0 Å². The lowest BCUT2D eigenvalue weighted by Crippen LogP contribution is -2.39. The van der Waals surface area contributed by atoms with E-state index in [1.54, 1.807) is 25.1 Å². The van der Waals surface area contributed by atoms with E-state index in [9.17, 15) is 9.90 Å². The summed E-state index contributed by atoms with van der Waals surface area (Å²) < 4.78 is 2.04. The molecule has 140 valence electrons. The Morgan fingerprint density at radius 2 is 2.12 bits per heavy atom. The summed E-state index contributed by atoms with van der Waals surface area (Å²) in [7, 11) is 5.99. The first-order valence-electron chi connectivity index (χ1n) is 8.99.